The number of rotatable bonds is 4. The summed E-state index contributed by atoms with van der Waals surface area (Å²) in [5, 5.41) is 0. The third-order valence-electron chi connectivity index (χ3n) is 4.91. The number of carbonyl (C=O) groups excluding carboxylic acids is 2. The molecule has 1 atom stereocenters. The van der Waals surface area contributed by atoms with Gasteiger partial charge in [-0.15, -0.1) is 0 Å². The highest BCUT2D eigenvalue weighted by Crippen LogP contribution is 2.37. The van der Waals surface area contributed by atoms with Crippen LogP contribution in [0.3, 0.4) is 0 Å². The molecule has 1 aliphatic heterocycles. The summed E-state index contributed by atoms with van der Waals surface area (Å²) in [4.78, 5) is 24.3. The maximum absolute atomic E-state index is 12.9. The third kappa shape index (κ3) is 3.54. The molecule has 2 aliphatic rings. The Balaban J connectivity index is 1.91. The van der Waals surface area contributed by atoms with Gasteiger partial charge in [0.2, 0.25) is 10.0 Å². The molecule has 0 N–H and O–H groups in total. The lowest BCUT2D eigenvalue weighted by molar-refractivity contribution is -0.139. The van der Waals surface area contributed by atoms with Gasteiger partial charge in [0.1, 0.15) is 0 Å². The molecule has 1 heterocycles. The molecule has 1 unspecified atom stereocenters. The summed E-state index contributed by atoms with van der Waals surface area (Å²) in [6, 6.07) is 6.67. The zero-order chi connectivity index (χ0) is 19.8. The lowest BCUT2D eigenvalue weighted by Crippen LogP contribution is -2.29. The lowest BCUT2D eigenvalue weighted by Gasteiger charge is -2.20. The van der Waals surface area contributed by atoms with Gasteiger partial charge in [-0.05, 0) is 43.0 Å². The number of fused-ring (bicyclic) bond motifs is 1. The number of aryl methyl sites for hydroxylation is 1. The Morgan fingerprint density at radius 3 is 2.30 bits per heavy atom. The molecular weight excluding hydrogens is 370 g/mol. The highest BCUT2D eigenvalue weighted by molar-refractivity contribution is 7.89. The zero-order valence-electron chi connectivity index (χ0n) is 15.4. The second kappa shape index (κ2) is 7.28. The summed E-state index contributed by atoms with van der Waals surface area (Å²) in [6.07, 6.45) is 1.81. The summed E-state index contributed by atoms with van der Waals surface area (Å²) in [7, 11) is -1.18. The smallest absolute Gasteiger partial charge is 0.338 e. The van der Waals surface area contributed by atoms with Crippen molar-refractivity contribution in [2.75, 3.05) is 27.3 Å². The molecule has 3 rings (SSSR count). The number of esters is 2. The normalized spacial score (nSPS) is 20.1. The Hall–Kier alpha value is -2.45. The second-order valence-corrected chi connectivity index (χ2v) is 8.54. The van der Waals surface area contributed by atoms with Gasteiger partial charge in [-0.1, -0.05) is 17.7 Å². The Bertz CT molecular complexity index is 943. The van der Waals surface area contributed by atoms with Crippen molar-refractivity contribution in [1.82, 2.24) is 4.31 Å². The van der Waals surface area contributed by atoms with E-state index in [2.05, 4.69) is 0 Å². The molecule has 1 aromatic carbocycles. The first-order valence-electron chi connectivity index (χ1n) is 8.45. The molecule has 27 heavy (non-hydrogen) atoms. The number of carbonyl (C=O) groups is 2. The molecule has 8 heteroatoms. The highest BCUT2D eigenvalue weighted by atomic mass is 32.2. The summed E-state index contributed by atoms with van der Waals surface area (Å²) < 4.78 is 36.8. The molecule has 1 aliphatic carbocycles. The maximum Gasteiger partial charge on any atom is 0.338 e. The first-order chi connectivity index (χ1) is 12.8. The second-order valence-electron chi connectivity index (χ2n) is 6.61. The minimum absolute atomic E-state index is 0.130. The van der Waals surface area contributed by atoms with Gasteiger partial charge in [0.15, 0.2) is 0 Å². The largest absolute Gasteiger partial charge is 0.466 e. The Kier molecular flexibility index (Phi) is 5.21. The zero-order valence-corrected chi connectivity index (χ0v) is 16.2. The molecule has 0 aromatic heterocycles. The van der Waals surface area contributed by atoms with Crippen LogP contribution in [-0.2, 0) is 29.1 Å². The van der Waals surface area contributed by atoms with Gasteiger partial charge in [-0.3, -0.25) is 0 Å². The van der Waals surface area contributed by atoms with Crippen LogP contribution in [0.4, 0.5) is 0 Å². The average molecular weight is 391 g/mol. The number of hydrogen-bond acceptors (Lipinski definition) is 6. The van der Waals surface area contributed by atoms with Crippen molar-refractivity contribution in [1.29, 1.82) is 0 Å². The Labute approximate surface area is 158 Å². The van der Waals surface area contributed by atoms with Crippen LogP contribution in [0.15, 0.2) is 52.0 Å². The average Bonchev–Trinajstić information content (AvgIpc) is 3.10. The standard InChI is InChI=1S/C19H21NO6S/c1-12-4-6-15(7-5-12)27(23,24)20-10-13-8-16(18(21)25-2)17(19(22)26-3)9-14(13)11-20/h4-8,14H,9-11H2,1-3H3. The molecular formula is C19H21NO6S. The topological polar surface area (TPSA) is 90.0 Å². The van der Waals surface area contributed by atoms with Crippen LogP contribution in [0.5, 0.6) is 0 Å². The van der Waals surface area contributed by atoms with Gasteiger partial charge >= 0.3 is 11.9 Å². The minimum Gasteiger partial charge on any atom is -0.466 e. The van der Waals surface area contributed by atoms with Gasteiger partial charge in [-0.2, -0.15) is 4.31 Å². The SMILES string of the molecule is COC(=O)C1=C(C(=O)OC)CC2CN(S(=O)(=O)c3ccc(C)cc3)CC2=C1. The van der Waals surface area contributed by atoms with Gasteiger partial charge in [0.05, 0.1) is 30.3 Å². The van der Waals surface area contributed by atoms with E-state index in [1.807, 2.05) is 6.92 Å². The van der Waals surface area contributed by atoms with E-state index >= 15 is 0 Å². The molecule has 1 saturated heterocycles. The number of nitrogens with zero attached hydrogens (tertiary/aromatic N) is 1. The van der Waals surface area contributed by atoms with E-state index in [-0.39, 0.29) is 41.5 Å². The maximum atomic E-state index is 12.9. The van der Waals surface area contributed by atoms with Gasteiger partial charge in [0.25, 0.3) is 0 Å². The van der Waals surface area contributed by atoms with Crippen LogP contribution in [0.25, 0.3) is 0 Å². The van der Waals surface area contributed by atoms with Crippen molar-refractivity contribution >= 4 is 22.0 Å². The van der Waals surface area contributed by atoms with E-state index in [1.54, 1.807) is 30.3 Å². The van der Waals surface area contributed by atoms with E-state index in [9.17, 15) is 18.0 Å². The third-order valence-corrected chi connectivity index (χ3v) is 6.73. The molecule has 0 bridgehead atoms. The summed E-state index contributed by atoms with van der Waals surface area (Å²) in [5.41, 5.74) is 2.11. The van der Waals surface area contributed by atoms with E-state index in [0.29, 0.717) is 0 Å². The van der Waals surface area contributed by atoms with Crippen LogP contribution in [0, 0.1) is 12.8 Å². The fraction of sp³-hybridized carbons (Fsp3) is 0.368. The minimum atomic E-state index is -3.66. The van der Waals surface area contributed by atoms with Crippen molar-refractivity contribution in [2.24, 2.45) is 5.92 Å². The van der Waals surface area contributed by atoms with Crippen molar-refractivity contribution in [2.45, 2.75) is 18.2 Å². The first-order valence-corrected chi connectivity index (χ1v) is 9.89. The van der Waals surface area contributed by atoms with Crippen LogP contribution >= 0.6 is 0 Å². The number of hydrogen-bond donors (Lipinski definition) is 0. The number of benzene rings is 1. The number of sulfonamides is 1. The van der Waals surface area contributed by atoms with Crippen LogP contribution in [0.1, 0.15) is 12.0 Å². The molecule has 0 saturated carbocycles. The quantitative estimate of drug-likeness (QED) is 0.724. The molecule has 144 valence electrons. The summed E-state index contributed by atoms with van der Waals surface area (Å²) in [6.45, 7) is 2.31. The fourth-order valence-electron chi connectivity index (χ4n) is 3.40. The molecule has 7 nitrogen and oxygen atoms in total. The van der Waals surface area contributed by atoms with Gasteiger partial charge < -0.3 is 9.47 Å². The van der Waals surface area contributed by atoms with Gasteiger partial charge in [-0.25, -0.2) is 18.0 Å². The molecule has 0 amide bonds. The van der Waals surface area contributed by atoms with E-state index in [1.165, 1.54) is 18.5 Å². The van der Waals surface area contributed by atoms with E-state index in [4.69, 9.17) is 9.47 Å². The predicted octanol–water partition coefficient (Wildman–Crippen LogP) is 1.59. The lowest BCUT2D eigenvalue weighted by atomic mass is 9.85. The molecule has 0 spiro atoms. The highest BCUT2D eigenvalue weighted by Gasteiger charge is 2.40. The Morgan fingerprint density at radius 1 is 1.07 bits per heavy atom. The van der Waals surface area contributed by atoms with Crippen molar-refractivity contribution in [3.8, 4) is 0 Å². The molecule has 1 aromatic rings. The van der Waals surface area contributed by atoms with Crippen LogP contribution < -0.4 is 0 Å². The number of methoxy groups -OCH3 is 2. The summed E-state index contributed by atoms with van der Waals surface area (Å²) in [5.74, 6) is -1.42. The predicted molar refractivity (Wildman–Crippen MR) is 97.2 cm³/mol. The van der Waals surface area contributed by atoms with Crippen LogP contribution in [-0.4, -0.2) is 52.0 Å². The van der Waals surface area contributed by atoms with E-state index < -0.39 is 22.0 Å². The molecule has 1 fully saturated rings. The monoisotopic (exact) mass is 391 g/mol. The first kappa shape index (κ1) is 19.3. The van der Waals surface area contributed by atoms with Crippen molar-refractivity contribution < 1.29 is 27.5 Å². The van der Waals surface area contributed by atoms with Crippen LogP contribution in [0.2, 0.25) is 0 Å². The Morgan fingerprint density at radius 2 is 1.70 bits per heavy atom. The fourth-order valence-corrected chi connectivity index (χ4v) is 4.87. The van der Waals surface area contributed by atoms with Crippen molar-refractivity contribution in [3.63, 3.8) is 0 Å². The number of ether oxygens (including phenoxy) is 2. The molecule has 0 radical (unpaired) electrons. The van der Waals surface area contributed by atoms with Crippen molar-refractivity contribution in [3.05, 3.63) is 52.6 Å². The van der Waals surface area contributed by atoms with Gasteiger partial charge in [0, 0.05) is 13.1 Å². The summed E-state index contributed by atoms with van der Waals surface area (Å²) >= 11 is 0. The van der Waals surface area contributed by atoms with E-state index in [0.717, 1.165) is 11.1 Å².